The van der Waals surface area contributed by atoms with Crippen molar-refractivity contribution in [3.63, 3.8) is 0 Å². The molecule has 1 aliphatic heterocycles. The molecule has 2 aromatic heterocycles. The first-order valence-electron chi connectivity index (χ1n) is 10.00. The van der Waals surface area contributed by atoms with Crippen molar-refractivity contribution in [1.29, 1.82) is 0 Å². The van der Waals surface area contributed by atoms with E-state index in [0.717, 1.165) is 48.6 Å². The van der Waals surface area contributed by atoms with Crippen LogP contribution in [-0.2, 0) is 0 Å². The van der Waals surface area contributed by atoms with E-state index in [1.54, 1.807) is 12.1 Å². The summed E-state index contributed by atoms with van der Waals surface area (Å²) in [6.07, 6.45) is 1.83. The van der Waals surface area contributed by atoms with Crippen LogP contribution in [-0.4, -0.2) is 33.4 Å². The van der Waals surface area contributed by atoms with Gasteiger partial charge in [-0.25, -0.2) is 4.39 Å². The average Bonchev–Trinajstić information content (AvgIpc) is 3.31. The maximum atomic E-state index is 13.1. The van der Waals surface area contributed by atoms with Crippen molar-refractivity contribution in [2.45, 2.75) is 18.8 Å². The fourth-order valence-corrected chi connectivity index (χ4v) is 3.73. The second kappa shape index (κ2) is 8.02. The van der Waals surface area contributed by atoms with Gasteiger partial charge in [0, 0.05) is 30.1 Å². The Morgan fingerprint density at radius 2 is 1.60 bits per heavy atom. The maximum absolute atomic E-state index is 13.1. The summed E-state index contributed by atoms with van der Waals surface area (Å²) >= 11 is 0. The van der Waals surface area contributed by atoms with E-state index in [1.165, 1.54) is 12.1 Å². The fourth-order valence-electron chi connectivity index (χ4n) is 3.73. The van der Waals surface area contributed by atoms with Crippen LogP contribution in [0.4, 0.5) is 10.2 Å². The Bertz CT molecular complexity index is 1100. The third-order valence-electron chi connectivity index (χ3n) is 5.43. The highest BCUT2D eigenvalue weighted by Gasteiger charge is 2.26. The number of halogens is 1. The summed E-state index contributed by atoms with van der Waals surface area (Å²) in [7, 11) is 0. The molecule has 3 heterocycles. The van der Waals surface area contributed by atoms with Crippen molar-refractivity contribution in [3.05, 3.63) is 78.4 Å². The quantitative estimate of drug-likeness (QED) is 0.493. The number of nitrogens with zero attached hydrogens (tertiary/aromatic N) is 5. The van der Waals surface area contributed by atoms with Gasteiger partial charge in [0.15, 0.2) is 5.82 Å². The molecule has 1 aliphatic rings. The Morgan fingerprint density at radius 3 is 2.30 bits per heavy atom. The summed E-state index contributed by atoms with van der Waals surface area (Å²) in [5.41, 5.74) is 2.54. The minimum absolute atomic E-state index is 0.248. The molecule has 0 bridgehead atoms. The van der Waals surface area contributed by atoms with Gasteiger partial charge in [-0.15, -0.1) is 10.2 Å². The molecule has 5 rings (SSSR count). The SMILES string of the molecule is Fc1ccc(-c2ccc(N3CCC(c4nc(-c5ccccc5)no4)CC3)nn2)cc1. The molecule has 0 unspecified atom stereocenters. The van der Waals surface area contributed by atoms with Crippen LogP contribution >= 0.6 is 0 Å². The summed E-state index contributed by atoms with van der Waals surface area (Å²) in [5.74, 6) is 2.16. The van der Waals surface area contributed by atoms with Crippen LogP contribution in [0.1, 0.15) is 24.7 Å². The molecule has 0 N–H and O–H groups in total. The highest BCUT2D eigenvalue weighted by atomic mass is 19.1. The predicted octanol–water partition coefficient (Wildman–Crippen LogP) is 4.72. The number of hydrogen-bond donors (Lipinski definition) is 0. The Balaban J connectivity index is 1.23. The Morgan fingerprint density at radius 1 is 0.833 bits per heavy atom. The van der Waals surface area contributed by atoms with Gasteiger partial charge >= 0.3 is 0 Å². The lowest BCUT2D eigenvalue weighted by Gasteiger charge is -2.30. The second-order valence-corrected chi connectivity index (χ2v) is 7.37. The average molecular weight is 401 g/mol. The highest BCUT2D eigenvalue weighted by Crippen LogP contribution is 2.30. The van der Waals surface area contributed by atoms with Crippen LogP contribution in [0.2, 0.25) is 0 Å². The lowest BCUT2D eigenvalue weighted by atomic mass is 9.97. The van der Waals surface area contributed by atoms with Gasteiger partial charge in [-0.3, -0.25) is 0 Å². The van der Waals surface area contributed by atoms with Crippen molar-refractivity contribution in [3.8, 4) is 22.6 Å². The van der Waals surface area contributed by atoms with E-state index in [1.807, 2.05) is 42.5 Å². The smallest absolute Gasteiger partial charge is 0.230 e. The number of aromatic nitrogens is 4. The monoisotopic (exact) mass is 401 g/mol. The molecule has 2 aromatic carbocycles. The molecular weight excluding hydrogens is 381 g/mol. The predicted molar refractivity (Wildman–Crippen MR) is 111 cm³/mol. The van der Waals surface area contributed by atoms with Crippen molar-refractivity contribution in [2.24, 2.45) is 0 Å². The van der Waals surface area contributed by atoms with Gasteiger partial charge in [0.2, 0.25) is 11.7 Å². The van der Waals surface area contributed by atoms with Crippen LogP contribution in [0.25, 0.3) is 22.6 Å². The second-order valence-electron chi connectivity index (χ2n) is 7.37. The lowest BCUT2D eigenvalue weighted by molar-refractivity contribution is 0.329. The summed E-state index contributed by atoms with van der Waals surface area (Å²) in [6, 6.07) is 20.0. The number of rotatable bonds is 4. The molecule has 0 atom stereocenters. The maximum Gasteiger partial charge on any atom is 0.230 e. The summed E-state index contributed by atoms with van der Waals surface area (Å²) in [6.45, 7) is 1.69. The van der Waals surface area contributed by atoms with E-state index >= 15 is 0 Å². The van der Waals surface area contributed by atoms with Gasteiger partial charge in [-0.05, 0) is 49.2 Å². The third kappa shape index (κ3) is 3.78. The standard InChI is InChI=1S/C23H20FN5O/c24-19-8-6-16(7-9-19)20-10-11-21(27-26-20)29-14-12-18(13-15-29)23-25-22(28-30-23)17-4-2-1-3-5-17/h1-11,18H,12-15H2. The van der Waals surface area contributed by atoms with Crippen LogP contribution in [0.15, 0.2) is 71.3 Å². The van der Waals surface area contributed by atoms with Crippen molar-refractivity contribution in [2.75, 3.05) is 18.0 Å². The first-order chi connectivity index (χ1) is 14.8. The molecule has 4 aromatic rings. The van der Waals surface area contributed by atoms with Crippen LogP contribution in [0.3, 0.4) is 0 Å². The molecule has 0 radical (unpaired) electrons. The van der Waals surface area contributed by atoms with E-state index < -0.39 is 0 Å². The zero-order chi connectivity index (χ0) is 20.3. The molecule has 1 saturated heterocycles. The number of anilines is 1. The molecule has 30 heavy (non-hydrogen) atoms. The van der Waals surface area contributed by atoms with Crippen molar-refractivity contribution in [1.82, 2.24) is 20.3 Å². The molecule has 0 amide bonds. The van der Waals surface area contributed by atoms with E-state index in [0.29, 0.717) is 11.7 Å². The van der Waals surface area contributed by atoms with Gasteiger partial charge in [0.25, 0.3) is 0 Å². The third-order valence-corrected chi connectivity index (χ3v) is 5.43. The van der Waals surface area contributed by atoms with E-state index in [4.69, 9.17) is 4.52 Å². The van der Waals surface area contributed by atoms with Gasteiger partial charge in [-0.1, -0.05) is 35.5 Å². The van der Waals surface area contributed by atoms with Gasteiger partial charge in [0.1, 0.15) is 5.82 Å². The summed E-state index contributed by atoms with van der Waals surface area (Å²) < 4.78 is 18.6. The normalized spacial score (nSPS) is 14.8. The molecule has 7 heteroatoms. The van der Waals surface area contributed by atoms with Crippen molar-refractivity contribution >= 4 is 5.82 Å². The van der Waals surface area contributed by atoms with Gasteiger partial charge < -0.3 is 9.42 Å². The topological polar surface area (TPSA) is 67.9 Å². The van der Waals surface area contributed by atoms with Gasteiger partial charge in [-0.2, -0.15) is 4.98 Å². The largest absolute Gasteiger partial charge is 0.355 e. The molecule has 6 nitrogen and oxygen atoms in total. The molecule has 150 valence electrons. The summed E-state index contributed by atoms with van der Waals surface area (Å²) in [4.78, 5) is 6.82. The Labute approximate surface area is 173 Å². The number of hydrogen-bond acceptors (Lipinski definition) is 6. The first kappa shape index (κ1) is 18.4. The number of piperidine rings is 1. The molecule has 0 saturated carbocycles. The Hall–Kier alpha value is -3.61. The zero-order valence-corrected chi connectivity index (χ0v) is 16.3. The summed E-state index contributed by atoms with van der Waals surface area (Å²) in [5, 5.41) is 12.8. The zero-order valence-electron chi connectivity index (χ0n) is 16.3. The molecular formula is C23H20FN5O. The molecule has 1 fully saturated rings. The minimum atomic E-state index is -0.261. The Kier molecular flexibility index (Phi) is 4.93. The van der Waals surface area contributed by atoms with Crippen LogP contribution in [0.5, 0.6) is 0 Å². The van der Waals surface area contributed by atoms with E-state index in [2.05, 4.69) is 25.2 Å². The van der Waals surface area contributed by atoms with Crippen molar-refractivity contribution < 1.29 is 8.91 Å². The highest BCUT2D eigenvalue weighted by molar-refractivity contribution is 5.59. The fraction of sp³-hybridized carbons (Fsp3) is 0.217. The molecule has 0 spiro atoms. The van der Waals surface area contributed by atoms with E-state index in [-0.39, 0.29) is 11.7 Å². The number of benzene rings is 2. The van der Waals surface area contributed by atoms with E-state index in [9.17, 15) is 4.39 Å². The first-order valence-corrected chi connectivity index (χ1v) is 10.00. The van der Waals surface area contributed by atoms with Crippen LogP contribution in [0, 0.1) is 5.82 Å². The minimum Gasteiger partial charge on any atom is -0.355 e. The lowest BCUT2D eigenvalue weighted by Crippen LogP contribution is -2.33. The van der Waals surface area contributed by atoms with Gasteiger partial charge in [0.05, 0.1) is 5.69 Å². The van der Waals surface area contributed by atoms with Crippen LogP contribution < -0.4 is 4.90 Å². The molecule has 0 aliphatic carbocycles.